The molecule has 1 aromatic carbocycles. The first-order valence-electron chi connectivity index (χ1n) is 6.30. The topological polar surface area (TPSA) is 20.2 Å². The summed E-state index contributed by atoms with van der Waals surface area (Å²) < 4.78 is 0. The van der Waals surface area contributed by atoms with E-state index in [0.29, 0.717) is 5.75 Å². The normalized spacial score (nSPS) is 20.6. The van der Waals surface area contributed by atoms with Crippen LogP contribution in [0.25, 0.3) is 0 Å². The monoisotopic (exact) mass is 216 g/mol. The maximum absolute atomic E-state index is 9.23. The maximum Gasteiger partial charge on any atom is 0.115 e. The lowest BCUT2D eigenvalue weighted by Gasteiger charge is -2.11. The van der Waals surface area contributed by atoms with Crippen molar-refractivity contribution in [2.24, 2.45) is 0 Å². The summed E-state index contributed by atoms with van der Waals surface area (Å²) in [7, 11) is 0. The van der Waals surface area contributed by atoms with Gasteiger partial charge in [0.25, 0.3) is 0 Å². The van der Waals surface area contributed by atoms with Crippen molar-refractivity contribution in [2.45, 2.75) is 44.9 Å². The summed E-state index contributed by atoms with van der Waals surface area (Å²) in [5.74, 6) is 0.357. The first kappa shape index (κ1) is 11.3. The van der Waals surface area contributed by atoms with E-state index in [-0.39, 0.29) is 0 Å². The van der Waals surface area contributed by atoms with Gasteiger partial charge in [-0.25, -0.2) is 0 Å². The van der Waals surface area contributed by atoms with Gasteiger partial charge in [0.15, 0.2) is 0 Å². The number of phenolic OH excluding ortho intramolecular Hbond substituents is 1. The Balaban J connectivity index is 1.99. The SMILES string of the molecule is Oc1ccc(C/C2=C\CCCCCC2)cc1. The van der Waals surface area contributed by atoms with Gasteiger partial charge in [-0.1, -0.05) is 36.6 Å². The molecule has 0 heterocycles. The number of allylic oxidation sites excluding steroid dienone is 2. The molecule has 1 aliphatic rings. The zero-order valence-electron chi connectivity index (χ0n) is 9.78. The molecule has 1 nitrogen and oxygen atoms in total. The van der Waals surface area contributed by atoms with Crippen LogP contribution in [-0.4, -0.2) is 5.11 Å². The lowest BCUT2D eigenvalue weighted by molar-refractivity contribution is 0.475. The highest BCUT2D eigenvalue weighted by Crippen LogP contribution is 2.21. The van der Waals surface area contributed by atoms with E-state index in [1.54, 1.807) is 17.7 Å². The standard InChI is InChI=1S/C15H20O/c16-15-10-8-14(9-11-15)12-13-6-4-2-1-3-5-7-13/h6,8-11,16H,1-5,7,12H2/b13-6-. The van der Waals surface area contributed by atoms with Crippen LogP contribution in [0, 0.1) is 0 Å². The molecule has 0 unspecified atom stereocenters. The Hall–Kier alpha value is -1.24. The molecule has 0 atom stereocenters. The van der Waals surface area contributed by atoms with Crippen LogP contribution in [0.3, 0.4) is 0 Å². The van der Waals surface area contributed by atoms with E-state index in [1.165, 1.54) is 44.1 Å². The van der Waals surface area contributed by atoms with Crippen LogP contribution in [0.2, 0.25) is 0 Å². The number of hydrogen-bond donors (Lipinski definition) is 1. The van der Waals surface area contributed by atoms with Crippen molar-refractivity contribution < 1.29 is 5.11 Å². The molecule has 0 aliphatic heterocycles. The molecule has 1 N–H and O–H groups in total. The summed E-state index contributed by atoms with van der Waals surface area (Å²) >= 11 is 0. The minimum atomic E-state index is 0.357. The second kappa shape index (κ2) is 5.74. The summed E-state index contributed by atoms with van der Waals surface area (Å²) in [6.07, 6.45) is 11.4. The van der Waals surface area contributed by atoms with Crippen LogP contribution in [0.1, 0.15) is 44.1 Å². The lowest BCUT2D eigenvalue weighted by Crippen LogP contribution is -1.94. The van der Waals surface area contributed by atoms with Gasteiger partial charge < -0.3 is 5.11 Å². The van der Waals surface area contributed by atoms with Gasteiger partial charge >= 0.3 is 0 Å². The fourth-order valence-corrected chi connectivity index (χ4v) is 2.29. The average molecular weight is 216 g/mol. The van der Waals surface area contributed by atoms with E-state index in [2.05, 4.69) is 6.08 Å². The molecule has 16 heavy (non-hydrogen) atoms. The first-order valence-corrected chi connectivity index (χ1v) is 6.30. The summed E-state index contributed by atoms with van der Waals surface area (Å²) in [6, 6.07) is 7.60. The van der Waals surface area contributed by atoms with Gasteiger partial charge in [0.1, 0.15) is 5.75 Å². The van der Waals surface area contributed by atoms with Crippen LogP contribution >= 0.6 is 0 Å². The summed E-state index contributed by atoms with van der Waals surface area (Å²) in [4.78, 5) is 0. The van der Waals surface area contributed by atoms with Gasteiger partial charge in [-0.2, -0.15) is 0 Å². The number of hydrogen-bond acceptors (Lipinski definition) is 1. The zero-order valence-corrected chi connectivity index (χ0v) is 9.78. The van der Waals surface area contributed by atoms with Gasteiger partial charge in [0.2, 0.25) is 0 Å². The summed E-state index contributed by atoms with van der Waals surface area (Å²) in [5, 5.41) is 9.23. The summed E-state index contributed by atoms with van der Waals surface area (Å²) in [6.45, 7) is 0. The van der Waals surface area contributed by atoms with Gasteiger partial charge in [-0.05, 0) is 49.8 Å². The fourth-order valence-electron chi connectivity index (χ4n) is 2.29. The van der Waals surface area contributed by atoms with Crippen LogP contribution in [-0.2, 0) is 6.42 Å². The number of benzene rings is 1. The van der Waals surface area contributed by atoms with E-state index in [9.17, 15) is 5.11 Å². The van der Waals surface area contributed by atoms with Gasteiger partial charge in [0.05, 0.1) is 0 Å². The van der Waals surface area contributed by atoms with E-state index in [4.69, 9.17) is 0 Å². The minimum absolute atomic E-state index is 0.357. The molecule has 0 amide bonds. The fraction of sp³-hybridized carbons (Fsp3) is 0.467. The Kier molecular flexibility index (Phi) is 4.03. The smallest absolute Gasteiger partial charge is 0.115 e. The Bertz CT molecular complexity index is 348. The third-order valence-electron chi connectivity index (χ3n) is 3.25. The lowest BCUT2D eigenvalue weighted by atomic mass is 9.95. The predicted molar refractivity (Wildman–Crippen MR) is 67.6 cm³/mol. The van der Waals surface area contributed by atoms with Crippen LogP contribution < -0.4 is 0 Å². The molecule has 1 aromatic rings. The molecule has 0 aromatic heterocycles. The highest BCUT2D eigenvalue weighted by atomic mass is 16.3. The molecule has 0 bridgehead atoms. The quantitative estimate of drug-likeness (QED) is 0.734. The molecule has 2 rings (SSSR count). The predicted octanol–water partition coefficient (Wildman–Crippen LogP) is 4.22. The average Bonchev–Trinajstić information content (AvgIpc) is 2.25. The molecule has 0 radical (unpaired) electrons. The highest BCUT2D eigenvalue weighted by Gasteiger charge is 2.03. The molecule has 1 aliphatic carbocycles. The van der Waals surface area contributed by atoms with E-state index in [0.717, 1.165) is 6.42 Å². The van der Waals surface area contributed by atoms with Crippen LogP contribution in [0.4, 0.5) is 0 Å². The first-order chi connectivity index (χ1) is 7.84. The van der Waals surface area contributed by atoms with Crippen molar-refractivity contribution >= 4 is 0 Å². The summed E-state index contributed by atoms with van der Waals surface area (Å²) in [5.41, 5.74) is 2.88. The molecular formula is C15H20O. The van der Waals surface area contributed by atoms with Gasteiger partial charge in [-0.3, -0.25) is 0 Å². The maximum atomic E-state index is 9.23. The Morgan fingerprint density at radius 1 is 0.938 bits per heavy atom. The van der Waals surface area contributed by atoms with Crippen molar-refractivity contribution in [2.75, 3.05) is 0 Å². The second-order valence-corrected chi connectivity index (χ2v) is 4.66. The highest BCUT2D eigenvalue weighted by molar-refractivity contribution is 5.29. The Labute approximate surface area is 97.8 Å². The number of rotatable bonds is 2. The molecule has 0 fully saturated rings. The van der Waals surface area contributed by atoms with Gasteiger partial charge in [0, 0.05) is 0 Å². The third-order valence-corrected chi connectivity index (χ3v) is 3.25. The van der Waals surface area contributed by atoms with Crippen molar-refractivity contribution in [1.82, 2.24) is 0 Å². The molecule has 86 valence electrons. The minimum Gasteiger partial charge on any atom is -0.508 e. The van der Waals surface area contributed by atoms with Crippen molar-refractivity contribution in [3.05, 3.63) is 41.5 Å². The molecule has 0 saturated heterocycles. The number of aromatic hydroxyl groups is 1. The zero-order chi connectivity index (χ0) is 11.2. The second-order valence-electron chi connectivity index (χ2n) is 4.66. The largest absolute Gasteiger partial charge is 0.508 e. The van der Waals surface area contributed by atoms with Crippen LogP contribution in [0.15, 0.2) is 35.9 Å². The molecule has 0 saturated carbocycles. The number of phenols is 1. The molecular weight excluding hydrogens is 196 g/mol. The molecule has 0 spiro atoms. The third kappa shape index (κ3) is 3.41. The molecule has 1 heteroatoms. The van der Waals surface area contributed by atoms with Crippen LogP contribution in [0.5, 0.6) is 5.75 Å². The van der Waals surface area contributed by atoms with Gasteiger partial charge in [-0.15, -0.1) is 0 Å². The Morgan fingerprint density at radius 2 is 1.69 bits per heavy atom. The van der Waals surface area contributed by atoms with Crippen molar-refractivity contribution in [3.63, 3.8) is 0 Å². The van der Waals surface area contributed by atoms with E-state index in [1.807, 2.05) is 12.1 Å². The van der Waals surface area contributed by atoms with Crippen molar-refractivity contribution in [3.8, 4) is 5.75 Å². The van der Waals surface area contributed by atoms with E-state index < -0.39 is 0 Å². The van der Waals surface area contributed by atoms with E-state index >= 15 is 0 Å². The van der Waals surface area contributed by atoms with Crippen molar-refractivity contribution in [1.29, 1.82) is 0 Å². The Morgan fingerprint density at radius 3 is 2.50 bits per heavy atom.